The summed E-state index contributed by atoms with van der Waals surface area (Å²) in [6.45, 7) is 20.6. The molecule has 0 aliphatic rings. The van der Waals surface area contributed by atoms with Crippen molar-refractivity contribution in [3.05, 3.63) is 0 Å². The van der Waals surface area contributed by atoms with Crippen molar-refractivity contribution < 1.29 is 52.0 Å². The normalized spacial score (nSPS) is 16.4. The molecular weight excluding hydrogens is 534 g/mol. The second-order valence-electron chi connectivity index (χ2n) is 11.4. The number of carbonyl (C=O) groups excluding carboxylic acids is 2. The lowest BCUT2D eigenvalue weighted by atomic mass is 10.3. The van der Waals surface area contributed by atoms with Gasteiger partial charge in [0.05, 0.1) is 91.4 Å². The largest absolute Gasteiger partial charge is 0.460 e. The molecule has 0 radical (unpaired) electrons. The highest BCUT2D eigenvalue weighted by molar-refractivity contribution is 5.69. The van der Waals surface area contributed by atoms with Crippen LogP contribution in [0.3, 0.4) is 0 Å². The van der Waals surface area contributed by atoms with Crippen LogP contribution in [0.25, 0.3) is 0 Å². The summed E-state index contributed by atoms with van der Waals surface area (Å²) in [7, 11) is 4.31. The zero-order chi connectivity index (χ0) is 31.3. The first-order valence-corrected chi connectivity index (χ1v) is 15.1. The van der Waals surface area contributed by atoms with Gasteiger partial charge in [0.2, 0.25) is 0 Å². The van der Waals surface area contributed by atoms with E-state index in [2.05, 4.69) is 14.1 Å². The zero-order valence-electron chi connectivity index (χ0n) is 27.5. The van der Waals surface area contributed by atoms with E-state index in [1.165, 1.54) is 0 Å². The number of rotatable bonds is 26. The molecule has 0 fully saturated rings. The Labute approximate surface area is 249 Å². The number of quaternary nitrogens is 1. The van der Waals surface area contributed by atoms with Crippen LogP contribution in [0.15, 0.2) is 0 Å². The van der Waals surface area contributed by atoms with Crippen molar-refractivity contribution in [2.45, 2.75) is 105 Å². The second kappa shape index (κ2) is 23.2. The molecule has 41 heavy (non-hydrogen) atoms. The van der Waals surface area contributed by atoms with Gasteiger partial charge in [0.15, 0.2) is 0 Å². The second-order valence-corrected chi connectivity index (χ2v) is 11.4. The summed E-state index contributed by atoms with van der Waals surface area (Å²) in [5.41, 5.74) is 0. The van der Waals surface area contributed by atoms with Gasteiger partial charge in [0.25, 0.3) is 0 Å². The van der Waals surface area contributed by atoms with E-state index in [-0.39, 0.29) is 48.6 Å². The van der Waals surface area contributed by atoms with Gasteiger partial charge in [0, 0.05) is 12.8 Å². The molecule has 244 valence electrons. The molecule has 0 rings (SSSR count). The Balaban J connectivity index is 3.88. The topological polar surface area (TPSA) is 108 Å². The first-order chi connectivity index (χ1) is 19.3. The number of likely N-dealkylation sites (N-methyl/N-ethyl adjacent to an activating group) is 1. The maximum absolute atomic E-state index is 11.3. The molecular formula is C30H60NO10+. The third-order valence-corrected chi connectivity index (χ3v) is 6.09. The van der Waals surface area contributed by atoms with Crippen molar-refractivity contribution in [1.29, 1.82) is 0 Å². The molecule has 0 saturated heterocycles. The summed E-state index contributed by atoms with van der Waals surface area (Å²) in [4.78, 5) is 22.6. The van der Waals surface area contributed by atoms with Crippen LogP contribution in [0, 0.1) is 0 Å². The summed E-state index contributed by atoms with van der Waals surface area (Å²) in [5.74, 6) is -0.448. The molecule has 0 amide bonds. The number of nitrogens with zero attached hydrogens (tertiary/aromatic N) is 1. The van der Waals surface area contributed by atoms with E-state index >= 15 is 0 Å². The van der Waals surface area contributed by atoms with E-state index in [0.717, 1.165) is 17.6 Å². The fourth-order valence-electron chi connectivity index (χ4n) is 3.31. The summed E-state index contributed by atoms with van der Waals surface area (Å²) in [6.07, 6.45) is -0.135. The standard InChI is InChI=1S/C30H60NO10/c1-11-29(32)40-27(7)21-38-25(5)19-36-23(3)17-34-15-13-31(9,10)14-16-35-18-24(4)37-20-26(6)39-22-28(8)41-30(33)12-2/h23-28H,11-22H2,1-10H3/q+1. The third-order valence-electron chi connectivity index (χ3n) is 6.09. The highest BCUT2D eigenvalue weighted by Gasteiger charge is 2.17. The van der Waals surface area contributed by atoms with Crippen LogP contribution in [0.1, 0.15) is 68.2 Å². The summed E-state index contributed by atoms with van der Waals surface area (Å²) >= 11 is 0. The van der Waals surface area contributed by atoms with Crippen molar-refractivity contribution in [1.82, 2.24) is 0 Å². The van der Waals surface area contributed by atoms with Crippen LogP contribution in [-0.2, 0) is 47.5 Å². The van der Waals surface area contributed by atoms with Crippen molar-refractivity contribution in [2.24, 2.45) is 0 Å². The quantitative estimate of drug-likeness (QED) is 0.0840. The smallest absolute Gasteiger partial charge is 0.305 e. The molecule has 0 aliphatic carbocycles. The van der Waals surface area contributed by atoms with Crippen molar-refractivity contribution in [3.8, 4) is 0 Å². The van der Waals surface area contributed by atoms with Crippen LogP contribution in [0.2, 0.25) is 0 Å². The number of hydrogen-bond acceptors (Lipinski definition) is 10. The fraction of sp³-hybridized carbons (Fsp3) is 0.933. The van der Waals surface area contributed by atoms with Gasteiger partial charge in [0.1, 0.15) is 25.3 Å². The van der Waals surface area contributed by atoms with Crippen LogP contribution < -0.4 is 0 Å². The lowest BCUT2D eigenvalue weighted by molar-refractivity contribution is -0.891. The molecule has 0 aromatic rings. The van der Waals surface area contributed by atoms with Gasteiger partial charge >= 0.3 is 11.9 Å². The molecule has 0 heterocycles. The van der Waals surface area contributed by atoms with Crippen LogP contribution in [0.4, 0.5) is 0 Å². The van der Waals surface area contributed by atoms with Gasteiger partial charge in [-0.3, -0.25) is 9.59 Å². The molecule has 0 spiro atoms. The molecule has 6 atom stereocenters. The molecule has 0 N–H and O–H groups in total. The van der Waals surface area contributed by atoms with Crippen molar-refractivity contribution >= 4 is 11.9 Å². The lowest BCUT2D eigenvalue weighted by Gasteiger charge is -2.30. The van der Waals surface area contributed by atoms with Gasteiger partial charge in [-0.1, -0.05) is 13.8 Å². The Morgan fingerprint density at radius 1 is 0.512 bits per heavy atom. The molecule has 6 unspecified atom stereocenters. The van der Waals surface area contributed by atoms with E-state index in [0.29, 0.717) is 65.7 Å². The Morgan fingerprint density at radius 3 is 1.12 bits per heavy atom. The minimum Gasteiger partial charge on any atom is -0.460 e. The zero-order valence-corrected chi connectivity index (χ0v) is 27.5. The van der Waals surface area contributed by atoms with E-state index < -0.39 is 0 Å². The molecule has 0 aromatic carbocycles. The number of esters is 2. The summed E-state index contributed by atoms with van der Waals surface area (Å²) in [5, 5.41) is 0. The van der Waals surface area contributed by atoms with Crippen molar-refractivity contribution in [2.75, 3.05) is 80.0 Å². The predicted molar refractivity (Wildman–Crippen MR) is 157 cm³/mol. The Bertz CT molecular complexity index is 624. The first kappa shape index (κ1) is 39.7. The molecule has 0 aliphatic heterocycles. The summed E-state index contributed by atoms with van der Waals surface area (Å²) < 4.78 is 45.9. The average molecular weight is 595 g/mol. The van der Waals surface area contributed by atoms with Crippen molar-refractivity contribution in [3.63, 3.8) is 0 Å². The van der Waals surface area contributed by atoms with E-state index in [4.69, 9.17) is 37.9 Å². The Hall–Kier alpha value is -1.34. The Kier molecular flexibility index (Phi) is 22.4. The van der Waals surface area contributed by atoms with Gasteiger partial charge in [-0.15, -0.1) is 0 Å². The number of ether oxygens (including phenoxy) is 8. The van der Waals surface area contributed by atoms with E-state index in [9.17, 15) is 9.59 Å². The molecule has 0 aromatic heterocycles. The van der Waals surface area contributed by atoms with Crippen LogP contribution >= 0.6 is 0 Å². The minimum atomic E-state index is -0.274. The third kappa shape index (κ3) is 23.9. The van der Waals surface area contributed by atoms with Gasteiger partial charge in [-0.05, 0) is 41.5 Å². The maximum Gasteiger partial charge on any atom is 0.305 e. The van der Waals surface area contributed by atoms with Gasteiger partial charge < -0.3 is 42.4 Å². The number of carbonyl (C=O) groups is 2. The molecule has 0 bridgehead atoms. The molecule has 11 heteroatoms. The highest BCUT2D eigenvalue weighted by atomic mass is 16.6. The van der Waals surface area contributed by atoms with Gasteiger partial charge in [-0.2, -0.15) is 0 Å². The Morgan fingerprint density at radius 2 is 0.805 bits per heavy atom. The molecule has 11 nitrogen and oxygen atoms in total. The predicted octanol–water partition coefficient (Wildman–Crippen LogP) is 3.40. The van der Waals surface area contributed by atoms with Gasteiger partial charge in [-0.25, -0.2) is 0 Å². The minimum absolute atomic E-state index is 0.0491. The first-order valence-electron chi connectivity index (χ1n) is 15.1. The maximum atomic E-state index is 11.3. The molecule has 0 saturated carbocycles. The van der Waals surface area contributed by atoms with E-state index in [1.807, 2.05) is 41.5 Å². The lowest BCUT2D eigenvalue weighted by Crippen LogP contribution is -2.45. The SMILES string of the molecule is CCC(=O)OC(C)COC(C)COC(C)COCC[N+](C)(C)CCOCC(C)OCC(C)OCC(C)OC(=O)CC. The monoisotopic (exact) mass is 594 g/mol. The van der Waals surface area contributed by atoms with Crippen LogP contribution in [0.5, 0.6) is 0 Å². The fourth-order valence-corrected chi connectivity index (χ4v) is 3.31. The highest BCUT2D eigenvalue weighted by Crippen LogP contribution is 2.04. The van der Waals surface area contributed by atoms with E-state index in [1.54, 1.807) is 13.8 Å². The van der Waals surface area contributed by atoms with Crippen LogP contribution in [-0.4, -0.2) is 133 Å². The summed E-state index contributed by atoms with van der Waals surface area (Å²) in [6, 6.07) is 0. The number of hydrogen-bond donors (Lipinski definition) is 0. The average Bonchev–Trinajstić information content (AvgIpc) is 2.92.